The molecule has 0 saturated carbocycles. The maximum atomic E-state index is 2.35. The van der Waals surface area contributed by atoms with Gasteiger partial charge in [0.2, 0.25) is 0 Å². The summed E-state index contributed by atoms with van der Waals surface area (Å²) in [7, 11) is 0. The number of benzene rings is 6. The Morgan fingerprint density at radius 3 is 1.63 bits per heavy atom. The van der Waals surface area contributed by atoms with Gasteiger partial charge in [-0.05, 0) is 44.0 Å². The molecule has 0 unspecified atom stereocenters. The van der Waals surface area contributed by atoms with E-state index in [2.05, 4.69) is 189 Å². The van der Waals surface area contributed by atoms with Crippen LogP contribution >= 0.6 is 0 Å². The zero-order valence-corrected chi connectivity index (χ0v) is 34.1. The molecule has 0 fully saturated rings. The van der Waals surface area contributed by atoms with Crippen LogP contribution in [0, 0.1) is 6.92 Å². The summed E-state index contributed by atoms with van der Waals surface area (Å²) in [6.45, 7) is 20.5. The first-order valence-electron chi connectivity index (χ1n) is 17.4. The Kier molecular flexibility index (Phi) is 10.1. The van der Waals surface area contributed by atoms with E-state index in [1.807, 2.05) is 0 Å². The van der Waals surface area contributed by atoms with E-state index < -0.39 is 0 Å². The van der Waals surface area contributed by atoms with E-state index in [1.54, 1.807) is 23.3 Å². The van der Waals surface area contributed by atoms with Crippen LogP contribution in [0.1, 0.15) is 58.2 Å². The fourth-order valence-corrected chi connectivity index (χ4v) is 6.90. The third-order valence-corrected chi connectivity index (χ3v) is 9.50. The van der Waals surface area contributed by atoms with E-state index in [0.29, 0.717) is 0 Å². The normalized spacial score (nSPS) is 11.9. The van der Waals surface area contributed by atoms with Crippen molar-refractivity contribution in [2.45, 2.75) is 72.4 Å². The fraction of sp³-hybridized carbons (Fsp3) is 0.234. The second kappa shape index (κ2) is 14.0. The van der Waals surface area contributed by atoms with Gasteiger partial charge in [0.15, 0.2) is 0 Å². The number of fused-ring (bicyclic) bond motifs is 7. The van der Waals surface area contributed by atoms with Gasteiger partial charge in [-0.3, -0.25) is 0 Å². The van der Waals surface area contributed by atoms with E-state index >= 15 is 0 Å². The monoisotopic (exact) mass is 730 g/mol. The number of hydrogen-bond donors (Lipinski definition) is 0. The molecule has 8 aromatic rings. The third-order valence-electron chi connectivity index (χ3n) is 9.50. The van der Waals surface area contributed by atoms with Crippen LogP contribution in [0.4, 0.5) is 0 Å². The summed E-state index contributed by atoms with van der Waals surface area (Å²) < 4.78 is 0. The Morgan fingerprint density at radius 2 is 1.06 bits per heavy atom. The first-order valence-corrected chi connectivity index (χ1v) is 23.6. The van der Waals surface area contributed by atoms with Gasteiger partial charge in [-0.15, -0.1) is 68.7 Å². The Hall–Kier alpha value is -3.58. The van der Waals surface area contributed by atoms with Crippen LogP contribution in [0.15, 0.2) is 127 Å². The molecule has 0 spiro atoms. The average Bonchev–Trinajstić information content (AvgIpc) is 3.63. The first kappa shape index (κ1) is 35.3. The molecule has 0 N–H and O–H groups in total. The van der Waals surface area contributed by atoms with Crippen LogP contribution in [0.25, 0.3) is 65.0 Å². The van der Waals surface area contributed by atoms with Crippen LogP contribution in [-0.2, 0) is 34.2 Å². The molecule has 0 atom stereocenters. The molecule has 8 aromatic carbocycles. The zero-order chi connectivity index (χ0) is 35.1. The molecule has 0 saturated heterocycles. The number of rotatable bonds is 1. The zero-order valence-electron chi connectivity index (χ0n) is 30.6. The summed E-state index contributed by atoms with van der Waals surface area (Å²) in [5.41, 5.74) is 7.42. The average molecular weight is 732 g/mol. The Bertz CT molecular complexity index is 2380. The van der Waals surface area contributed by atoms with Gasteiger partial charge < -0.3 is 0 Å². The molecule has 0 aliphatic heterocycles. The Labute approximate surface area is 308 Å². The quantitative estimate of drug-likeness (QED) is 0.0896. The molecule has 0 bridgehead atoms. The first-order chi connectivity index (χ1) is 23.2. The van der Waals surface area contributed by atoms with Gasteiger partial charge in [0, 0.05) is 0 Å². The third kappa shape index (κ3) is 7.47. The summed E-state index contributed by atoms with van der Waals surface area (Å²) in [4.78, 5) is 0. The van der Waals surface area contributed by atoms with Crippen molar-refractivity contribution < 1.29 is 23.3 Å². The van der Waals surface area contributed by atoms with Crippen molar-refractivity contribution in [3.8, 4) is 11.1 Å². The van der Waals surface area contributed by atoms with Crippen molar-refractivity contribution in [2.24, 2.45) is 0 Å². The van der Waals surface area contributed by atoms with Crippen molar-refractivity contribution in [3.63, 3.8) is 0 Å². The van der Waals surface area contributed by atoms with Gasteiger partial charge >= 0.3 is 41.9 Å². The minimum Gasteiger partial charge on any atom is -0.156 e. The van der Waals surface area contributed by atoms with E-state index in [9.17, 15) is 0 Å². The van der Waals surface area contributed by atoms with Crippen LogP contribution in [0.2, 0.25) is 13.1 Å². The van der Waals surface area contributed by atoms with Crippen LogP contribution in [0.5, 0.6) is 0 Å². The predicted octanol–water partition coefficient (Wildman–Crippen LogP) is 13.9. The summed E-state index contributed by atoms with van der Waals surface area (Å²) in [6.07, 6.45) is 0. The molecule has 244 valence electrons. The summed E-state index contributed by atoms with van der Waals surface area (Å²) in [5.74, 6) is 0. The molecular formula is C47H48SiZr. The van der Waals surface area contributed by atoms with E-state index in [-0.39, 0.29) is 16.3 Å². The van der Waals surface area contributed by atoms with Crippen molar-refractivity contribution >= 4 is 59.3 Å². The van der Waals surface area contributed by atoms with Crippen molar-refractivity contribution in [3.05, 3.63) is 144 Å². The minimum absolute atomic E-state index is 0.203. The number of aryl methyl sites for hydroxylation is 1. The molecule has 0 aliphatic carbocycles. The molecule has 0 radical (unpaired) electrons. The van der Waals surface area contributed by atoms with Crippen LogP contribution < -0.4 is 0 Å². The van der Waals surface area contributed by atoms with Gasteiger partial charge in [0.05, 0.1) is 0 Å². The molecule has 0 nitrogen and oxygen atoms in total. The van der Waals surface area contributed by atoms with Crippen molar-refractivity contribution in [1.82, 2.24) is 0 Å². The summed E-state index contributed by atoms with van der Waals surface area (Å²) in [6, 6.07) is 47.0. The maximum Gasteiger partial charge on any atom is -0.00995 e. The molecule has 0 aliphatic rings. The van der Waals surface area contributed by atoms with Gasteiger partial charge in [0.25, 0.3) is 0 Å². The molecule has 0 amide bonds. The second-order valence-corrected chi connectivity index (χ2v) is 25.1. The van der Waals surface area contributed by atoms with Gasteiger partial charge in [-0.1, -0.05) is 144 Å². The summed E-state index contributed by atoms with van der Waals surface area (Å²) in [5, 5.41) is 13.4. The molecule has 0 aromatic heterocycles. The minimum atomic E-state index is 0.203. The van der Waals surface area contributed by atoms with Crippen molar-refractivity contribution in [1.29, 1.82) is 0 Å². The topological polar surface area (TPSA) is 0 Å². The van der Waals surface area contributed by atoms with Gasteiger partial charge in [-0.2, -0.15) is 11.6 Å². The van der Waals surface area contributed by atoms with E-state index in [0.717, 1.165) is 0 Å². The molecule has 49 heavy (non-hydrogen) atoms. The molecular weight excluding hydrogens is 684 g/mol. The summed E-state index contributed by atoms with van der Waals surface area (Å²) >= 11 is 1.74. The Balaban J connectivity index is 0.000000155. The maximum absolute atomic E-state index is 2.35. The molecule has 8 rings (SSSR count). The molecule has 2 heteroatoms. The Morgan fingerprint density at radius 1 is 0.531 bits per heavy atom. The largest absolute Gasteiger partial charge is 0.156 e. The standard InChI is InChI=1S/C24H17.C21H25.C2H6Si.Zr/c1-16-13-14-17-8-6-12-22(24(16)17)23-15-18-7-2-3-9-19(18)20-10-4-5-11-21(20)23;1-20(2,3)16-7-9-18-14(12-16)11-15-13-17(21(4,5)6)8-10-19(15)18;1-3-2;/h2-15H,1H3;7-13H,1-6H3;1-2H3;/q2*-1;;+2. The van der Waals surface area contributed by atoms with Crippen molar-refractivity contribution in [2.75, 3.05) is 0 Å². The second-order valence-electron chi connectivity index (χ2n) is 15.7. The fourth-order valence-electron chi connectivity index (χ4n) is 6.90. The molecule has 0 heterocycles. The van der Waals surface area contributed by atoms with Crippen LogP contribution in [0.3, 0.4) is 0 Å². The van der Waals surface area contributed by atoms with E-state index in [4.69, 9.17) is 0 Å². The smallest absolute Gasteiger partial charge is 0.00995 e. The van der Waals surface area contributed by atoms with E-state index in [1.165, 1.54) is 81.7 Å². The van der Waals surface area contributed by atoms with Gasteiger partial charge in [0.1, 0.15) is 0 Å². The SMILES string of the molecule is CC(C)(C)c1ccc2c(c1)[cH-]c1cc(C(C)(C)C)ccc12.C[Si](C)=[Zr+2].Cc1c[cH-]c2cccc(-c3cc4ccccc4c4ccccc34)c12. The number of hydrogen-bond acceptors (Lipinski definition) is 0. The predicted molar refractivity (Wildman–Crippen MR) is 217 cm³/mol. The van der Waals surface area contributed by atoms with Crippen LogP contribution in [-0.4, -0.2) is 5.43 Å². The van der Waals surface area contributed by atoms with Gasteiger partial charge in [-0.25, -0.2) is 0 Å².